The molecule has 0 amide bonds. The highest BCUT2D eigenvalue weighted by molar-refractivity contribution is 5.14. The Labute approximate surface area is 128 Å². The van der Waals surface area contributed by atoms with Crippen LogP contribution in [-0.2, 0) is 11.3 Å². The van der Waals surface area contributed by atoms with Crippen molar-refractivity contribution in [2.45, 2.75) is 32.0 Å². The molecule has 0 unspecified atom stereocenters. The molecule has 1 saturated heterocycles. The SMILES string of the molecule is COC[C@H](O)CN1CCCN(Cc2ccccc2)C[C@H]1C. The van der Waals surface area contributed by atoms with Gasteiger partial charge in [0, 0.05) is 32.8 Å². The lowest BCUT2D eigenvalue weighted by molar-refractivity contribution is 0.0287. The molecule has 0 radical (unpaired) electrons. The van der Waals surface area contributed by atoms with E-state index in [0.717, 1.165) is 32.6 Å². The molecular weight excluding hydrogens is 264 g/mol. The third kappa shape index (κ3) is 5.40. The van der Waals surface area contributed by atoms with E-state index in [1.807, 2.05) is 0 Å². The number of β-amino-alcohol motifs (C(OH)–C–C–N with tert-alkyl or cyclic N) is 1. The Morgan fingerprint density at radius 2 is 2.05 bits per heavy atom. The highest BCUT2D eigenvalue weighted by atomic mass is 16.5. The molecule has 4 nitrogen and oxygen atoms in total. The molecule has 1 aliphatic heterocycles. The molecule has 0 saturated carbocycles. The lowest BCUT2D eigenvalue weighted by atomic mass is 10.2. The summed E-state index contributed by atoms with van der Waals surface area (Å²) in [5.74, 6) is 0. The van der Waals surface area contributed by atoms with Crippen molar-refractivity contribution in [1.82, 2.24) is 9.80 Å². The highest BCUT2D eigenvalue weighted by Crippen LogP contribution is 2.13. The van der Waals surface area contributed by atoms with Crippen LogP contribution in [0.15, 0.2) is 30.3 Å². The van der Waals surface area contributed by atoms with E-state index in [1.54, 1.807) is 7.11 Å². The van der Waals surface area contributed by atoms with Gasteiger partial charge in [0.05, 0.1) is 12.7 Å². The summed E-state index contributed by atoms with van der Waals surface area (Å²) in [4.78, 5) is 4.90. The Morgan fingerprint density at radius 1 is 1.29 bits per heavy atom. The molecule has 21 heavy (non-hydrogen) atoms. The Kier molecular flexibility index (Phi) is 6.64. The van der Waals surface area contributed by atoms with E-state index in [0.29, 0.717) is 19.2 Å². The second-order valence-electron chi connectivity index (χ2n) is 6.03. The normalized spacial score (nSPS) is 22.9. The van der Waals surface area contributed by atoms with Crippen molar-refractivity contribution in [2.24, 2.45) is 0 Å². The van der Waals surface area contributed by atoms with Gasteiger partial charge in [-0.3, -0.25) is 9.80 Å². The lowest BCUT2D eigenvalue weighted by Crippen LogP contribution is -2.43. The van der Waals surface area contributed by atoms with Crippen LogP contribution in [0.2, 0.25) is 0 Å². The van der Waals surface area contributed by atoms with Gasteiger partial charge in [0.2, 0.25) is 0 Å². The smallest absolute Gasteiger partial charge is 0.0900 e. The molecule has 0 aromatic heterocycles. The van der Waals surface area contributed by atoms with E-state index in [1.165, 1.54) is 5.56 Å². The molecule has 2 atom stereocenters. The van der Waals surface area contributed by atoms with Crippen LogP contribution < -0.4 is 0 Å². The molecule has 2 rings (SSSR count). The quantitative estimate of drug-likeness (QED) is 0.864. The number of nitrogens with zero attached hydrogens (tertiary/aromatic N) is 2. The molecule has 1 fully saturated rings. The van der Waals surface area contributed by atoms with Crippen molar-refractivity contribution >= 4 is 0 Å². The average molecular weight is 292 g/mol. The first-order valence-electron chi connectivity index (χ1n) is 7.86. The van der Waals surface area contributed by atoms with Gasteiger partial charge in [0.1, 0.15) is 0 Å². The number of rotatable bonds is 6. The van der Waals surface area contributed by atoms with Crippen LogP contribution in [-0.4, -0.2) is 66.9 Å². The minimum Gasteiger partial charge on any atom is -0.389 e. The lowest BCUT2D eigenvalue weighted by Gasteiger charge is -2.30. The molecule has 0 bridgehead atoms. The van der Waals surface area contributed by atoms with Crippen molar-refractivity contribution in [1.29, 1.82) is 0 Å². The molecule has 1 N–H and O–H groups in total. The fraction of sp³-hybridized carbons (Fsp3) is 0.647. The summed E-state index contributed by atoms with van der Waals surface area (Å²) >= 11 is 0. The van der Waals surface area contributed by atoms with E-state index in [9.17, 15) is 5.11 Å². The number of ether oxygens (including phenoxy) is 1. The average Bonchev–Trinajstić information content (AvgIpc) is 2.62. The maximum absolute atomic E-state index is 9.93. The van der Waals surface area contributed by atoms with Crippen molar-refractivity contribution in [2.75, 3.05) is 39.9 Å². The number of benzene rings is 1. The second kappa shape index (κ2) is 8.49. The number of hydrogen-bond donors (Lipinski definition) is 1. The number of aliphatic hydroxyl groups excluding tert-OH is 1. The summed E-state index contributed by atoms with van der Waals surface area (Å²) in [6.45, 7) is 7.60. The van der Waals surface area contributed by atoms with Gasteiger partial charge < -0.3 is 9.84 Å². The maximum Gasteiger partial charge on any atom is 0.0900 e. The Bertz CT molecular complexity index is 399. The molecule has 118 valence electrons. The first-order valence-corrected chi connectivity index (χ1v) is 7.86. The second-order valence-corrected chi connectivity index (χ2v) is 6.03. The van der Waals surface area contributed by atoms with Crippen molar-refractivity contribution in [3.63, 3.8) is 0 Å². The van der Waals surface area contributed by atoms with Crippen molar-refractivity contribution in [3.8, 4) is 0 Å². The highest BCUT2D eigenvalue weighted by Gasteiger charge is 2.23. The summed E-state index contributed by atoms with van der Waals surface area (Å²) in [6.07, 6.45) is 0.759. The van der Waals surface area contributed by atoms with Gasteiger partial charge in [-0.1, -0.05) is 30.3 Å². The largest absolute Gasteiger partial charge is 0.389 e. The van der Waals surface area contributed by atoms with E-state index in [2.05, 4.69) is 47.1 Å². The molecule has 0 spiro atoms. The number of methoxy groups -OCH3 is 1. The van der Waals surface area contributed by atoms with Gasteiger partial charge in [-0.15, -0.1) is 0 Å². The summed E-state index contributed by atoms with van der Waals surface area (Å²) in [5.41, 5.74) is 1.37. The first kappa shape index (κ1) is 16.4. The minimum atomic E-state index is -0.391. The van der Waals surface area contributed by atoms with E-state index in [4.69, 9.17) is 4.74 Å². The standard InChI is InChI=1S/C17H28N2O2/c1-15-11-18(12-16-7-4-3-5-8-16)9-6-10-19(15)13-17(20)14-21-2/h3-5,7-8,15,17,20H,6,9-14H2,1-2H3/t15-,17-/m1/s1. The monoisotopic (exact) mass is 292 g/mol. The van der Waals surface area contributed by atoms with Crippen LogP contribution in [0.4, 0.5) is 0 Å². The summed E-state index contributed by atoms with van der Waals surface area (Å²) < 4.78 is 5.02. The zero-order valence-electron chi connectivity index (χ0n) is 13.2. The number of hydrogen-bond acceptors (Lipinski definition) is 4. The molecule has 0 aliphatic carbocycles. The predicted octanol–water partition coefficient (Wildman–Crippen LogP) is 1.59. The van der Waals surface area contributed by atoms with Gasteiger partial charge in [-0.25, -0.2) is 0 Å². The van der Waals surface area contributed by atoms with Crippen LogP contribution in [0.3, 0.4) is 0 Å². The van der Waals surface area contributed by atoms with Crippen LogP contribution in [0.1, 0.15) is 18.9 Å². The Hall–Kier alpha value is -0.940. The van der Waals surface area contributed by atoms with Crippen molar-refractivity contribution in [3.05, 3.63) is 35.9 Å². The zero-order chi connectivity index (χ0) is 15.1. The van der Waals surface area contributed by atoms with E-state index in [-0.39, 0.29) is 0 Å². The molecule has 1 heterocycles. The van der Waals surface area contributed by atoms with E-state index >= 15 is 0 Å². The fourth-order valence-electron chi connectivity index (χ4n) is 3.07. The van der Waals surface area contributed by atoms with Gasteiger partial charge in [0.15, 0.2) is 0 Å². The third-order valence-electron chi connectivity index (χ3n) is 4.12. The van der Waals surface area contributed by atoms with Crippen LogP contribution in [0.25, 0.3) is 0 Å². The predicted molar refractivity (Wildman–Crippen MR) is 85.3 cm³/mol. The van der Waals surface area contributed by atoms with E-state index < -0.39 is 6.10 Å². The van der Waals surface area contributed by atoms with Gasteiger partial charge >= 0.3 is 0 Å². The van der Waals surface area contributed by atoms with Gasteiger partial charge in [0.25, 0.3) is 0 Å². The Morgan fingerprint density at radius 3 is 2.76 bits per heavy atom. The molecule has 1 aromatic carbocycles. The van der Waals surface area contributed by atoms with Gasteiger partial charge in [-0.05, 0) is 32.0 Å². The first-order chi connectivity index (χ1) is 10.2. The van der Waals surface area contributed by atoms with Crippen LogP contribution in [0.5, 0.6) is 0 Å². The molecular formula is C17H28N2O2. The summed E-state index contributed by atoms with van der Waals surface area (Å²) in [7, 11) is 1.64. The van der Waals surface area contributed by atoms with Crippen LogP contribution >= 0.6 is 0 Å². The fourth-order valence-corrected chi connectivity index (χ4v) is 3.07. The third-order valence-corrected chi connectivity index (χ3v) is 4.12. The Balaban J connectivity index is 1.86. The molecule has 1 aliphatic rings. The summed E-state index contributed by atoms with van der Waals surface area (Å²) in [6, 6.07) is 11.1. The topological polar surface area (TPSA) is 35.9 Å². The summed E-state index contributed by atoms with van der Waals surface area (Å²) in [5, 5.41) is 9.93. The van der Waals surface area contributed by atoms with Crippen LogP contribution in [0, 0.1) is 0 Å². The maximum atomic E-state index is 9.93. The molecule has 1 aromatic rings. The minimum absolute atomic E-state index is 0.391. The van der Waals surface area contributed by atoms with Crippen molar-refractivity contribution < 1.29 is 9.84 Å². The molecule has 4 heteroatoms. The number of aliphatic hydroxyl groups is 1. The van der Waals surface area contributed by atoms with Gasteiger partial charge in [-0.2, -0.15) is 0 Å². The zero-order valence-corrected chi connectivity index (χ0v) is 13.2.